The summed E-state index contributed by atoms with van der Waals surface area (Å²) in [5.74, 6) is 7.06. The SMILES string of the molecule is CCCC#CC(c1ccc(C(F)(F)F)cc1)N1CCN(c2ncnc(N)c2-c2ccc(F)cc2)CC1. The van der Waals surface area contributed by atoms with E-state index in [1.54, 1.807) is 12.1 Å². The number of unbranched alkanes of at least 4 members (excludes halogenated alkanes) is 1. The Bertz CT molecular complexity index is 1220. The summed E-state index contributed by atoms with van der Waals surface area (Å²) in [5.41, 5.74) is 7.61. The standard InChI is InChI=1S/C27H27F4N5/c1-2-3-4-5-23(19-6-10-21(11-7-19)27(29,30)31)35-14-16-36(17-15-35)26-24(25(32)33-18-34-26)20-8-12-22(28)13-9-20/h6-13,18,23H,2-3,14-17H2,1H3,(H2,32,33,34). The minimum atomic E-state index is -4.38. The Balaban J connectivity index is 1.56. The quantitative estimate of drug-likeness (QED) is 0.370. The number of alkyl halides is 3. The lowest BCUT2D eigenvalue weighted by atomic mass is 10.0. The molecule has 1 fully saturated rings. The van der Waals surface area contributed by atoms with Crippen molar-refractivity contribution >= 4 is 11.6 Å². The third-order valence-electron chi connectivity index (χ3n) is 6.14. The second-order valence-electron chi connectivity index (χ2n) is 8.58. The van der Waals surface area contributed by atoms with Gasteiger partial charge in [0.05, 0.1) is 17.2 Å². The number of aromatic nitrogens is 2. The summed E-state index contributed by atoms with van der Waals surface area (Å²) in [6.45, 7) is 4.50. The van der Waals surface area contributed by atoms with Crippen LogP contribution in [0, 0.1) is 17.7 Å². The van der Waals surface area contributed by atoms with Gasteiger partial charge in [0.15, 0.2) is 0 Å². The summed E-state index contributed by atoms with van der Waals surface area (Å²) < 4.78 is 52.6. The lowest BCUT2D eigenvalue weighted by Gasteiger charge is -2.39. The first-order chi connectivity index (χ1) is 17.3. The van der Waals surface area contributed by atoms with Gasteiger partial charge in [0.1, 0.15) is 23.8 Å². The predicted molar refractivity (Wildman–Crippen MR) is 132 cm³/mol. The molecule has 1 aliphatic rings. The third-order valence-corrected chi connectivity index (χ3v) is 6.14. The van der Waals surface area contributed by atoms with Gasteiger partial charge < -0.3 is 10.6 Å². The van der Waals surface area contributed by atoms with Crippen molar-refractivity contribution in [2.45, 2.75) is 32.0 Å². The Morgan fingerprint density at radius 3 is 2.25 bits per heavy atom. The van der Waals surface area contributed by atoms with E-state index in [-0.39, 0.29) is 11.9 Å². The van der Waals surface area contributed by atoms with Crippen LogP contribution in [0.1, 0.15) is 36.9 Å². The number of piperazine rings is 1. The molecule has 0 amide bonds. The van der Waals surface area contributed by atoms with Crippen molar-refractivity contribution in [3.05, 3.63) is 71.8 Å². The largest absolute Gasteiger partial charge is 0.416 e. The normalized spacial score (nSPS) is 15.3. The highest BCUT2D eigenvalue weighted by molar-refractivity contribution is 5.84. The highest BCUT2D eigenvalue weighted by Gasteiger charge is 2.31. The topological polar surface area (TPSA) is 58.3 Å². The molecule has 1 aromatic heterocycles. The minimum Gasteiger partial charge on any atom is -0.383 e. The van der Waals surface area contributed by atoms with Crippen molar-refractivity contribution in [2.24, 2.45) is 0 Å². The molecule has 4 rings (SSSR count). The van der Waals surface area contributed by atoms with Crippen LogP contribution in [-0.2, 0) is 6.18 Å². The fourth-order valence-electron chi connectivity index (χ4n) is 4.25. The zero-order chi connectivity index (χ0) is 25.7. The number of hydrogen-bond acceptors (Lipinski definition) is 5. The number of nitrogens with zero attached hydrogens (tertiary/aromatic N) is 4. The van der Waals surface area contributed by atoms with E-state index in [9.17, 15) is 17.6 Å². The van der Waals surface area contributed by atoms with Crippen molar-refractivity contribution in [3.8, 4) is 23.0 Å². The van der Waals surface area contributed by atoms with Gasteiger partial charge in [-0.05, 0) is 41.8 Å². The first-order valence-electron chi connectivity index (χ1n) is 11.8. The maximum atomic E-state index is 13.5. The van der Waals surface area contributed by atoms with Crippen LogP contribution in [0.15, 0.2) is 54.9 Å². The molecule has 5 nitrogen and oxygen atoms in total. The third kappa shape index (κ3) is 5.77. The van der Waals surface area contributed by atoms with Crippen molar-refractivity contribution < 1.29 is 17.6 Å². The number of benzene rings is 2. The molecule has 0 bridgehead atoms. The highest BCUT2D eigenvalue weighted by atomic mass is 19.4. The molecule has 3 aromatic rings. The van der Waals surface area contributed by atoms with Gasteiger partial charge in [0, 0.05) is 32.6 Å². The van der Waals surface area contributed by atoms with E-state index in [1.165, 1.54) is 30.6 Å². The summed E-state index contributed by atoms with van der Waals surface area (Å²) >= 11 is 0. The van der Waals surface area contributed by atoms with E-state index in [4.69, 9.17) is 5.73 Å². The highest BCUT2D eigenvalue weighted by Crippen LogP contribution is 2.35. The van der Waals surface area contributed by atoms with Gasteiger partial charge >= 0.3 is 6.18 Å². The Morgan fingerprint density at radius 2 is 1.64 bits per heavy atom. The molecule has 9 heteroatoms. The average Bonchev–Trinajstić information content (AvgIpc) is 2.87. The van der Waals surface area contributed by atoms with Gasteiger partial charge in [-0.1, -0.05) is 37.1 Å². The summed E-state index contributed by atoms with van der Waals surface area (Å²) in [7, 11) is 0. The van der Waals surface area contributed by atoms with E-state index in [1.807, 2.05) is 6.92 Å². The smallest absolute Gasteiger partial charge is 0.383 e. The second kappa shape index (κ2) is 11.0. The summed E-state index contributed by atoms with van der Waals surface area (Å²) in [6, 6.07) is 11.0. The van der Waals surface area contributed by atoms with Crippen LogP contribution in [0.2, 0.25) is 0 Å². The van der Waals surface area contributed by atoms with E-state index < -0.39 is 11.7 Å². The number of halogens is 4. The molecule has 1 unspecified atom stereocenters. The maximum absolute atomic E-state index is 13.5. The summed E-state index contributed by atoms with van der Waals surface area (Å²) in [4.78, 5) is 12.9. The number of nitrogens with two attached hydrogens (primary N) is 1. The van der Waals surface area contributed by atoms with Crippen LogP contribution >= 0.6 is 0 Å². The first-order valence-corrected chi connectivity index (χ1v) is 11.8. The molecule has 1 saturated heterocycles. The Hall–Kier alpha value is -3.64. The van der Waals surface area contributed by atoms with Crippen molar-refractivity contribution in [2.75, 3.05) is 36.8 Å². The molecular weight excluding hydrogens is 470 g/mol. The van der Waals surface area contributed by atoms with E-state index in [2.05, 4.69) is 31.6 Å². The van der Waals surface area contributed by atoms with Crippen molar-refractivity contribution in [1.82, 2.24) is 14.9 Å². The van der Waals surface area contributed by atoms with Crippen molar-refractivity contribution in [1.29, 1.82) is 0 Å². The van der Waals surface area contributed by atoms with Crippen LogP contribution in [0.25, 0.3) is 11.1 Å². The number of hydrogen-bond donors (Lipinski definition) is 1. The van der Waals surface area contributed by atoms with Gasteiger partial charge in [0.25, 0.3) is 0 Å². The van der Waals surface area contributed by atoms with Crippen molar-refractivity contribution in [3.63, 3.8) is 0 Å². The van der Waals surface area contributed by atoms with E-state index in [0.717, 1.165) is 36.1 Å². The van der Waals surface area contributed by atoms with Gasteiger partial charge in [-0.3, -0.25) is 4.90 Å². The first kappa shape index (κ1) is 25.5. The zero-order valence-electron chi connectivity index (χ0n) is 19.9. The zero-order valence-corrected chi connectivity index (χ0v) is 19.9. The Labute approximate surface area is 208 Å². The molecule has 0 aliphatic carbocycles. The maximum Gasteiger partial charge on any atom is 0.416 e. The molecular formula is C27H27F4N5. The fourth-order valence-corrected chi connectivity index (χ4v) is 4.25. The van der Waals surface area contributed by atoms with Crippen LogP contribution in [-0.4, -0.2) is 41.0 Å². The molecule has 0 saturated carbocycles. The molecule has 2 aromatic carbocycles. The predicted octanol–water partition coefficient (Wildman–Crippen LogP) is 5.55. The molecule has 36 heavy (non-hydrogen) atoms. The lowest BCUT2D eigenvalue weighted by molar-refractivity contribution is -0.137. The van der Waals surface area contributed by atoms with E-state index >= 15 is 0 Å². The molecule has 1 aliphatic heterocycles. The Morgan fingerprint density at radius 1 is 0.972 bits per heavy atom. The number of anilines is 2. The van der Waals surface area contributed by atoms with Gasteiger partial charge in [-0.15, -0.1) is 5.92 Å². The minimum absolute atomic E-state index is 0.308. The molecule has 1 atom stereocenters. The number of rotatable bonds is 5. The molecule has 2 heterocycles. The molecule has 0 spiro atoms. The summed E-state index contributed by atoms with van der Waals surface area (Å²) in [5, 5.41) is 0. The summed E-state index contributed by atoms with van der Waals surface area (Å²) in [6.07, 6.45) is -1.35. The lowest BCUT2D eigenvalue weighted by Crippen LogP contribution is -2.48. The van der Waals surface area contributed by atoms with Gasteiger partial charge in [-0.2, -0.15) is 13.2 Å². The van der Waals surface area contributed by atoms with E-state index in [0.29, 0.717) is 43.4 Å². The molecule has 188 valence electrons. The van der Waals surface area contributed by atoms with Crippen LogP contribution in [0.4, 0.5) is 29.2 Å². The van der Waals surface area contributed by atoms with Crippen LogP contribution in [0.5, 0.6) is 0 Å². The van der Waals surface area contributed by atoms with Crippen LogP contribution < -0.4 is 10.6 Å². The average molecular weight is 498 g/mol. The van der Waals surface area contributed by atoms with Crippen LogP contribution in [0.3, 0.4) is 0 Å². The molecule has 2 N–H and O–H groups in total. The Kier molecular flexibility index (Phi) is 7.75. The number of nitrogen functional groups attached to an aromatic ring is 1. The fraction of sp³-hybridized carbons (Fsp3) is 0.333. The van der Waals surface area contributed by atoms with Gasteiger partial charge in [-0.25, -0.2) is 14.4 Å². The molecule has 0 radical (unpaired) electrons. The monoisotopic (exact) mass is 497 g/mol. The second-order valence-corrected chi connectivity index (χ2v) is 8.58. The van der Waals surface area contributed by atoms with Gasteiger partial charge in [0.2, 0.25) is 0 Å².